The molecule has 0 atom stereocenters. The van der Waals surface area contributed by atoms with Crippen LogP contribution in [0.1, 0.15) is 28.1 Å². The molecule has 0 aliphatic heterocycles. The van der Waals surface area contributed by atoms with Crippen molar-refractivity contribution in [3.05, 3.63) is 76.1 Å². The topological polar surface area (TPSA) is 32.8 Å². The summed E-state index contributed by atoms with van der Waals surface area (Å²) in [5.74, 6) is 0. The molecule has 0 saturated carbocycles. The third-order valence-electron chi connectivity index (χ3n) is 4.70. The molecule has 0 amide bonds. The maximum atomic E-state index is 13.0. The van der Waals surface area contributed by atoms with E-state index in [1.165, 1.54) is 12.1 Å². The zero-order valence-electron chi connectivity index (χ0n) is 14.8. The first kappa shape index (κ1) is 17.7. The Morgan fingerprint density at radius 1 is 1.15 bits per heavy atom. The molecule has 1 N–H and O–H groups in total. The van der Waals surface area contributed by atoms with E-state index in [1.807, 2.05) is 42.1 Å². The standard InChI is InChI=1S/C20H16F3N3S/c1-12-16(10-14-5-3-6-15(9-14)20(21,22)23)13(2)26-19(25-12)17(11-24-26)18-7-4-8-27-18/h3-9,11H,10H2,1-2H3/p+1. The summed E-state index contributed by atoms with van der Waals surface area (Å²) in [6.07, 6.45) is -2.04. The molecule has 4 aromatic rings. The van der Waals surface area contributed by atoms with Crippen LogP contribution in [0.3, 0.4) is 0 Å². The number of aromatic nitrogens is 3. The normalized spacial score (nSPS) is 12.0. The lowest BCUT2D eigenvalue weighted by molar-refractivity contribution is -0.586. The van der Waals surface area contributed by atoms with Crippen molar-refractivity contribution in [2.45, 2.75) is 26.4 Å². The minimum atomic E-state index is -4.34. The molecular formula is C20H17F3N3S+. The van der Waals surface area contributed by atoms with E-state index in [4.69, 9.17) is 4.98 Å². The monoisotopic (exact) mass is 388 g/mol. The van der Waals surface area contributed by atoms with Gasteiger partial charge in [0.1, 0.15) is 11.3 Å². The molecular weight excluding hydrogens is 371 g/mol. The highest BCUT2D eigenvalue weighted by Crippen LogP contribution is 2.31. The van der Waals surface area contributed by atoms with Gasteiger partial charge in [-0.3, -0.25) is 0 Å². The maximum Gasteiger partial charge on any atom is 0.416 e. The molecule has 3 aromatic heterocycles. The van der Waals surface area contributed by atoms with Crippen molar-refractivity contribution in [2.24, 2.45) is 0 Å². The number of nitrogens with one attached hydrogen (secondary N) is 1. The molecule has 0 fully saturated rings. The Kier molecular flexibility index (Phi) is 4.26. The summed E-state index contributed by atoms with van der Waals surface area (Å²) in [6.45, 7) is 3.86. The van der Waals surface area contributed by atoms with Crippen LogP contribution in [0.15, 0.2) is 48.0 Å². The van der Waals surface area contributed by atoms with Crippen molar-refractivity contribution in [3.8, 4) is 10.4 Å². The van der Waals surface area contributed by atoms with E-state index in [9.17, 15) is 13.2 Å². The largest absolute Gasteiger partial charge is 0.416 e. The molecule has 27 heavy (non-hydrogen) atoms. The molecule has 0 radical (unpaired) electrons. The van der Waals surface area contributed by atoms with E-state index in [2.05, 4.69) is 5.10 Å². The van der Waals surface area contributed by atoms with E-state index in [0.29, 0.717) is 12.0 Å². The highest BCUT2D eigenvalue weighted by Gasteiger charge is 2.30. The van der Waals surface area contributed by atoms with Gasteiger partial charge >= 0.3 is 11.8 Å². The third-order valence-corrected chi connectivity index (χ3v) is 5.60. The van der Waals surface area contributed by atoms with Crippen molar-refractivity contribution < 1.29 is 17.7 Å². The first-order chi connectivity index (χ1) is 12.8. The Morgan fingerprint density at radius 3 is 2.67 bits per heavy atom. The number of aryl methyl sites for hydroxylation is 2. The average molecular weight is 388 g/mol. The molecule has 3 heterocycles. The summed E-state index contributed by atoms with van der Waals surface area (Å²) >= 11 is 1.64. The van der Waals surface area contributed by atoms with Crippen LogP contribution in [0.4, 0.5) is 13.2 Å². The fourth-order valence-corrected chi connectivity index (χ4v) is 4.03. The van der Waals surface area contributed by atoms with Crippen LogP contribution in [-0.4, -0.2) is 10.1 Å². The van der Waals surface area contributed by atoms with Crippen molar-refractivity contribution in [1.29, 1.82) is 0 Å². The van der Waals surface area contributed by atoms with E-state index in [0.717, 1.165) is 39.1 Å². The molecule has 1 aromatic carbocycles. The van der Waals surface area contributed by atoms with Gasteiger partial charge in [-0.25, -0.2) is 5.10 Å². The first-order valence-electron chi connectivity index (χ1n) is 8.44. The van der Waals surface area contributed by atoms with Crippen LogP contribution < -0.4 is 4.52 Å². The number of fused-ring (bicyclic) bond motifs is 1. The second kappa shape index (κ2) is 6.49. The van der Waals surface area contributed by atoms with Crippen LogP contribution >= 0.6 is 11.3 Å². The third kappa shape index (κ3) is 3.23. The SMILES string of the molecule is Cc1nc2c(-c3cccs3)c[nH][n+]2c(C)c1Cc1cccc(C(F)(F)F)c1. The van der Waals surface area contributed by atoms with Crippen molar-refractivity contribution in [1.82, 2.24) is 10.1 Å². The molecule has 7 heteroatoms. The molecule has 0 bridgehead atoms. The summed E-state index contributed by atoms with van der Waals surface area (Å²) in [4.78, 5) is 5.85. The van der Waals surface area contributed by atoms with E-state index in [1.54, 1.807) is 17.4 Å². The lowest BCUT2D eigenvalue weighted by Crippen LogP contribution is -2.30. The second-order valence-electron chi connectivity index (χ2n) is 6.46. The minimum Gasteiger partial charge on any atom is -0.230 e. The number of thiophene rings is 1. The number of H-pyrrole nitrogens is 1. The summed E-state index contributed by atoms with van der Waals surface area (Å²) < 4.78 is 40.9. The Labute approximate surface area is 158 Å². The predicted molar refractivity (Wildman–Crippen MR) is 98.8 cm³/mol. The number of hydrogen-bond acceptors (Lipinski definition) is 2. The van der Waals surface area contributed by atoms with Crippen LogP contribution in [-0.2, 0) is 12.6 Å². The molecule has 3 nitrogen and oxygen atoms in total. The molecule has 0 unspecified atom stereocenters. The van der Waals surface area contributed by atoms with Gasteiger partial charge in [-0.05, 0) is 28.1 Å². The van der Waals surface area contributed by atoms with Crippen LogP contribution in [0.25, 0.3) is 16.1 Å². The predicted octanol–water partition coefficient (Wildman–Crippen LogP) is 5.10. The number of aromatic amines is 1. The Bertz CT molecular complexity index is 1110. The van der Waals surface area contributed by atoms with Gasteiger partial charge in [-0.15, -0.1) is 15.9 Å². The average Bonchev–Trinajstić information content (AvgIpc) is 3.27. The van der Waals surface area contributed by atoms with Gasteiger partial charge in [-0.1, -0.05) is 24.3 Å². The van der Waals surface area contributed by atoms with Gasteiger partial charge < -0.3 is 0 Å². The van der Waals surface area contributed by atoms with Gasteiger partial charge in [0.25, 0.3) is 0 Å². The number of nitrogens with zero attached hydrogens (tertiary/aromatic N) is 2. The van der Waals surface area contributed by atoms with Gasteiger partial charge in [0.05, 0.1) is 11.8 Å². The van der Waals surface area contributed by atoms with E-state index in [-0.39, 0.29) is 0 Å². The lowest BCUT2D eigenvalue weighted by atomic mass is 10.0. The smallest absolute Gasteiger partial charge is 0.230 e. The highest BCUT2D eigenvalue weighted by atomic mass is 32.1. The van der Waals surface area contributed by atoms with E-state index < -0.39 is 11.7 Å². The molecule has 0 saturated heterocycles. The van der Waals surface area contributed by atoms with Crippen molar-refractivity contribution >= 4 is 17.0 Å². The summed E-state index contributed by atoms with van der Waals surface area (Å²) in [6, 6.07) is 9.50. The van der Waals surface area contributed by atoms with Crippen LogP contribution in [0, 0.1) is 13.8 Å². The lowest BCUT2D eigenvalue weighted by Gasteiger charge is -2.09. The number of benzene rings is 1. The number of halogens is 3. The Morgan fingerprint density at radius 2 is 1.96 bits per heavy atom. The molecule has 0 spiro atoms. The quantitative estimate of drug-likeness (QED) is 0.487. The zero-order valence-corrected chi connectivity index (χ0v) is 15.6. The fourth-order valence-electron chi connectivity index (χ4n) is 3.29. The van der Waals surface area contributed by atoms with Gasteiger partial charge in [0, 0.05) is 30.7 Å². The molecule has 0 aliphatic carbocycles. The van der Waals surface area contributed by atoms with Crippen molar-refractivity contribution in [2.75, 3.05) is 0 Å². The molecule has 4 rings (SSSR count). The summed E-state index contributed by atoms with van der Waals surface area (Å²) in [7, 11) is 0. The first-order valence-corrected chi connectivity index (χ1v) is 9.32. The Balaban J connectivity index is 1.77. The number of rotatable bonds is 3. The highest BCUT2D eigenvalue weighted by molar-refractivity contribution is 7.13. The summed E-state index contributed by atoms with van der Waals surface area (Å²) in [5.41, 5.74) is 4.51. The van der Waals surface area contributed by atoms with Gasteiger partial charge in [-0.2, -0.15) is 13.2 Å². The number of hydrogen-bond donors (Lipinski definition) is 1. The van der Waals surface area contributed by atoms with Gasteiger partial charge in [0.15, 0.2) is 5.69 Å². The van der Waals surface area contributed by atoms with Crippen LogP contribution in [0.5, 0.6) is 0 Å². The zero-order chi connectivity index (χ0) is 19.2. The fraction of sp³-hybridized carbons (Fsp3) is 0.200. The Hall–Kier alpha value is -2.67. The second-order valence-corrected chi connectivity index (χ2v) is 7.41. The van der Waals surface area contributed by atoms with Crippen molar-refractivity contribution in [3.63, 3.8) is 0 Å². The molecule has 138 valence electrons. The van der Waals surface area contributed by atoms with E-state index >= 15 is 0 Å². The number of alkyl halides is 3. The summed E-state index contributed by atoms with van der Waals surface area (Å²) in [5, 5.41) is 5.23. The molecule has 0 aliphatic rings. The minimum absolute atomic E-state index is 0.394. The van der Waals surface area contributed by atoms with Gasteiger partial charge in [0.2, 0.25) is 0 Å². The van der Waals surface area contributed by atoms with Crippen LogP contribution in [0.2, 0.25) is 0 Å². The maximum absolute atomic E-state index is 13.0.